The third kappa shape index (κ3) is 1.97. The van der Waals surface area contributed by atoms with Gasteiger partial charge in [0.25, 0.3) is 0 Å². The van der Waals surface area contributed by atoms with Crippen LogP contribution in [0, 0.1) is 0 Å². The Kier molecular flexibility index (Phi) is 3.11. The van der Waals surface area contributed by atoms with Crippen LogP contribution in [0.5, 0.6) is 0 Å². The summed E-state index contributed by atoms with van der Waals surface area (Å²) in [5.41, 5.74) is 8.99. The van der Waals surface area contributed by atoms with Crippen LogP contribution in [-0.4, -0.2) is 11.8 Å². The molecule has 0 spiro atoms. The van der Waals surface area contributed by atoms with Gasteiger partial charge >= 0.3 is 6.85 Å². The third-order valence-electron chi connectivity index (χ3n) is 6.51. The van der Waals surface area contributed by atoms with E-state index < -0.39 is 0 Å². The van der Waals surface area contributed by atoms with Crippen LogP contribution in [0.2, 0.25) is 0 Å². The number of nitrogens with zero attached hydrogens (tertiary/aromatic N) is 2. The van der Waals surface area contributed by atoms with Gasteiger partial charge in [-0.1, -0.05) is 84.9 Å². The predicted octanol–water partition coefficient (Wildman–Crippen LogP) is 5.14. The molecule has 0 N–H and O–H groups in total. The lowest BCUT2D eigenvalue weighted by Crippen LogP contribution is -2.59. The van der Waals surface area contributed by atoms with E-state index in [-0.39, 0.29) is 6.85 Å². The molecule has 0 saturated heterocycles. The molecule has 0 bridgehead atoms. The molecule has 2 nitrogen and oxygen atoms in total. The molecule has 4 aromatic carbocycles. The number of benzene rings is 4. The van der Waals surface area contributed by atoms with Crippen LogP contribution in [0.4, 0.5) is 11.5 Å². The number of hydrogen-bond donors (Lipinski definition) is 0. The topological polar surface area (TPSA) is 16.1 Å². The summed E-state index contributed by atoms with van der Waals surface area (Å²) in [6, 6.07) is 35.0. The van der Waals surface area contributed by atoms with E-state index >= 15 is 0 Å². The molecule has 0 saturated carbocycles. The fourth-order valence-corrected chi connectivity index (χ4v) is 5.30. The fraction of sp³-hybridized carbons (Fsp3) is 0. The Morgan fingerprint density at radius 3 is 2.07 bits per heavy atom. The minimum atomic E-state index is 0.109. The van der Waals surface area contributed by atoms with Gasteiger partial charge in [0.1, 0.15) is 5.82 Å². The Morgan fingerprint density at radius 1 is 0.567 bits per heavy atom. The predicted molar refractivity (Wildman–Crippen MR) is 126 cm³/mol. The molecular formula is C27H17BN2. The molecule has 3 heterocycles. The summed E-state index contributed by atoms with van der Waals surface area (Å²) >= 11 is 0. The van der Waals surface area contributed by atoms with E-state index in [2.05, 4.69) is 95.8 Å². The first-order valence-electron chi connectivity index (χ1n) is 10.4. The molecule has 0 aliphatic carbocycles. The zero-order valence-electron chi connectivity index (χ0n) is 16.3. The summed E-state index contributed by atoms with van der Waals surface area (Å²) in [4.78, 5) is 7.38. The summed E-state index contributed by atoms with van der Waals surface area (Å²) in [7, 11) is 0. The molecule has 138 valence electrons. The zero-order valence-corrected chi connectivity index (χ0v) is 16.3. The summed E-state index contributed by atoms with van der Waals surface area (Å²) in [6.07, 6.45) is 1.91. The first kappa shape index (κ1) is 16.0. The van der Waals surface area contributed by atoms with Gasteiger partial charge in [0.15, 0.2) is 0 Å². The third-order valence-corrected chi connectivity index (χ3v) is 6.51. The minimum Gasteiger partial charge on any atom is -0.360 e. The Balaban J connectivity index is 1.69. The average Bonchev–Trinajstić information content (AvgIpc) is 2.83. The highest BCUT2D eigenvalue weighted by atomic mass is 15.2. The van der Waals surface area contributed by atoms with E-state index in [0.717, 1.165) is 5.82 Å². The van der Waals surface area contributed by atoms with Crippen molar-refractivity contribution in [2.75, 3.05) is 4.81 Å². The largest absolute Gasteiger partial charge is 0.360 e. The van der Waals surface area contributed by atoms with Crippen molar-refractivity contribution < 1.29 is 0 Å². The summed E-state index contributed by atoms with van der Waals surface area (Å²) in [5.74, 6) is 1.04. The fourth-order valence-electron chi connectivity index (χ4n) is 5.30. The van der Waals surface area contributed by atoms with Crippen molar-refractivity contribution in [1.29, 1.82) is 0 Å². The highest BCUT2D eigenvalue weighted by Crippen LogP contribution is 2.47. The van der Waals surface area contributed by atoms with Gasteiger partial charge in [-0.25, -0.2) is 4.98 Å². The van der Waals surface area contributed by atoms with Gasteiger partial charge in [-0.2, -0.15) is 0 Å². The second-order valence-electron chi connectivity index (χ2n) is 8.00. The second kappa shape index (κ2) is 5.83. The van der Waals surface area contributed by atoms with Gasteiger partial charge in [-0.3, -0.25) is 0 Å². The number of anilines is 2. The summed E-state index contributed by atoms with van der Waals surface area (Å²) in [6.45, 7) is 0.109. The molecule has 0 amide bonds. The lowest BCUT2D eigenvalue weighted by atomic mass is 9.43. The first-order valence-corrected chi connectivity index (χ1v) is 10.4. The summed E-state index contributed by atoms with van der Waals surface area (Å²) < 4.78 is 0. The van der Waals surface area contributed by atoms with Crippen LogP contribution in [-0.2, 0) is 0 Å². The van der Waals surface area contributed by atoms with Crippen LogP contribution in [0.3, 0.4) is 0 Å². The molecule has 2 aliphatic heterocycles. The van der Waals surface area contributed by atoms with Crippen molar-refractivity contribution in [3.63, 3.8) is 0 Å². The van der Waals surface area contributed by atoms with Gasteiger partial charge in [-0.15, -0.1) is 0 Å². The second-order valence-corrected chi connectivity index (χ2v) is 8.00. The monoisotopic (exact) mass is 380 g/mol. The van der Waals surface area contributed by atoms with Crippen LogP contribution >= 0.6 is 0 Å². The molecule has 0 atom stereocenters. The van der Waals surface area contributed by atoms with Crippen LogP contribution in [0.25, 0.3) is 33.0 Å². The zero-order chi connectivity index (χ0) is 19.7. The number of fused-ring (bicyclic) bond motifs is 13. The van der Waals surface area contributed by atoms with E-state index in [1.54, 1.807) is 0 Å². The normalized spacial score (nSPS) is 13.2. The molecular weight excluding hydrogens is 363 g/mol. The Morgan fingerprint density at radius 2 is 1.23 bits per heavy atom. The molecule has 1 aromatic heterocycles. The van der Waals surface area contributed by atoms with Crippen molar-refractivity contribution in [1.82, 2.24) is 4.98 Å². The minimum absolute atomic E-state index is 0.109. The molecule has 0 radical (unpaired) electrons. The van der Waals surface area contributed by atoms with Crippen molar-refractivity contribution in [2.45, 2.75) is 0 Å². The van der Waals surface area contributed by atoms with E-state index in [4.69, 9.17) is 4.98 Å². The molecule has 0 unspecified atom stereocenters. The number of aromatic nitrogens is 1. The molecule has 3 heteroatoms. The van der Waals surface area contributed by atoms with E-state index in [1.807, 2.05) is 12.3 Å². The molecule has 30 heavy (non-hydrogen) atoms. The summed E-state index contributed by atoms with van der Waals surface area (Å²) in [5, 5.41) is 2.52. The SMILES string of the molecule is c1ccc2c(c1)B1c3ccccc3-c3ccc4ccccc4c3N1c1ncccc1-2. The number of rotatable bonds is 0. The Labute approximate surface area is 175 Å². The standard InChI is InChI=1S/C27H17BN2/c1-2-9-19-18(8-1)15-16-22-20-10-3-5-13-24(20)28-25-14-6-4-11-21(25)23-12-7-17-29-27(23)30(28)26(19)22/h1-17H. The first-order chi connectivity index (χ1) is 14.9. The van der Waals surface area contributed by atoms with Gasteiger partial charge < -0.3 is 4.81 Å². The van der Waals surface area contributed by atoms with E-state index in [0.29, 0.717) is 0 Å². The van der Waals surface area contributed by atoms with Crippen LogP contribution in [0.15, 0.2) is 103 Å². The highest BCUT2D eigenvalue weighted by molar-refractivity contribution is 6.92. The Hall–Kier alpha value is -3.85. The Bertz CT molecular complexity index is 1470. The average molecular weight is 380 g/mol. The smallest absolute Gasteiger partial charge is 0.330 e. The lowest BCUT2D eigenvalue weighted by Gasteiger charge is -2.42. The number of hydrogen-bond acceptors (Lipinski definition) is 2. The maximum Gasteiger partial charge on any atom is 0.330 e. The lowest BCUT2D eigenvalue weighted by molar-refractivity contribution is 1.23. The molecule has 5 aromatic rings. The van der Waals surface area contributed by atoms with E-state index in [1.165, 1.54) is 49.6 Å². The van der Waals surface area contributed by atoms with Gasteiger partial charge in [0.2, 0.25) is 0 Å². The van der Waals surface area contributed by atoms with Gasteiger partial charge in [0.05, 0.1) is 0 Å². The number of pyridine rings is 1. The van der Waals surface area contributed by atoms with Gasteiger partial charge in [-0.05, 0) is 39.6 Å². The van der Waals surface area contributed by atoms with Crippen molar-refractivity contribution in [3.05, 3.63) is 103 Å². The van der Waals surface area contributed by atoms with Gasteiger partial charge in [0, 0.05) is 28.4 Å². The molecule has 2 aliphatic rings. The molecule has 7 rings (SSSR count). The maximum absolute atomic E-state index is 4.91. The van der Waals surface area contributed by atoms with Crippen LogP contribution in [0.1, 0.15) is 0 Å². The highest BCUT2D eigenvalue weighted by Gasteiger charge is 2.43. The maximum atomic E-state index is 4.91. The van der Waals surface area contributed by atoms with Crippen molar-refractivity contribution in [2.24, 2.45) is 0 Å². The van der Waals surface area contributed by atoms with Crippen molar-refractivity contribution >= 4 is 40.1 Å². The van der Waals surface area contributed by atoms with Crippen molar-refractivity contribution in [3.8, 4) is 22.3 Å². The quantitative estimate of drug-likeness (QED) is 0.346. The van der Waals surface area contributed by atoms with Crippen LogP contribution < -0.4 is 15.7 Å². The molecule has 0 fully saturated rings. The van der Waals surface area contributed by atoms with E-state index in [9.17, 15) is 0 Å².